The number of fused-ring (bicyclic) bond motifs is 1. The van der Waals surface area contributed by atoms with Crippen molar-refractivity contribution in [2.75, 3.05) is 11.9 Å². The average Bonchev–Trinajstić information content (AvgIpc) is 3.30. The summed E-state index contributed by atoms with van der Waals surface area (Å²) in [5.41, 5.74) is 3.17. The number of carbonyl (C=O) groups is 2. The first-order valence-corrected chi connectivity index (χ1v) is 9.04. The summed E-state index contributed by atoms with van der Waals surface area (Å²) in [5, 5.41) is 2.97. The van der Waals surface area contributed by atoms with Crippen LogP contribution in [0.1, 0.15) is 43.0 Å². The van der Waals surface area contributed by atoms with Crippen molar-refractivity contribution in [3.63, 3.8) is 0 Å². The van der Waals surface area contributed by atoms with Crippen molar-refractivity contribution >= 4 is 17.5 Å². The molecule has 2 N–H and O–H groups in total. The zero-order valence-electron chi connectivity index (χ0n) is 14.2. The molecule has 5 heteroatoms. The summed E-state index contributed by atoms with van der Waals surface area (Å²) in [6, 6.07) is 12.1. The Hall–Kier alpha value is -2.56. The molecule has 1 aromatic heterocycles. The molecule has 0 bridgehead atoms. The van der Waals surface area contributed by atoms with E-state index in [0.29, 0.717) is 12.8 Å². The molecule has 1 aromatic carbocycles. The van der Waals surface area contributed by atoms with E-state index in [9.17, 15) is 9.59 Å². The monoisotopic (exact) mass is 337 g/mol. The van der Waals surface area contributed by atoms with Crippen molar-refractivity contribution in [3.8, 4) is 0 Å². The standard InChI is InChI=1S/C20H23N3O2/c24-19(23-12-4-8-18(23)17-7-3-11-21-17)10-9-15-13-14-5-1-2-6-16(14)22-20(15)25/h1-3,5-7,11,15,18,21H,4,8-10,12-13H2,(H,22,25)/t15-,18+/m0/s1. The minimum atomic E-state index is -0.120. The third-order valence-electron chi connectivity index (χ3n) is 5.37. The van der Waals surface area contributed by atoms with Gasteiger partial charge < -0.3 is 15.2 Å². The van der Waals surface area contributed by atoms with Gasteiger partial charge in [0.05, 0.1) is 6.04 Å². The number of likely N-dealkylation sites (tertiary alicyclic amines) is 1. The second-order valence-corrected chi connectivity index (χ2v) is 6.96. The third kappa shape index (κ3) is 3.18. The highest BCUT2D eigenvalue weighted by molar-refractivity contribution is 5.96. The number of nitrogens with zero attached hydrogens (tertiary/aromatic N) is 1. The zero-order chi connectivity index (χ0) is 17.2. The van der Waals surface area contributed by atoms with E-state index in [1.807, 2.05) is 47.5 Å². The quantitative estimate of drug-likeness (QED) is 0.899. The van der Waals surface area contributed by atoms with Crippen molar-refractivity contribution in [2.24, 2.45) is 5.92 Å². The van der Waals surface area contributed by atoms with Gasteiger partial charge in [-0.1, -0.05) is 18.2 Å². The van der Waals surface area contributed by atoms with Crippen LogP contribution in [0.2, 0.25) is 0 Å². The summed E-state index contributed by atoms with van der Waals surface area (Å²) in [4.78, 5) is 30.2. The number of benzene rings is 1. The number of rotatable bonds is 4. The lowest BCUT2D eigenvalue weighted by molar-refractivity contribution is -0.132. The molecule has 2 amide bonds. The number of H-pyrrole nitrogens is 1. The summed E-state index contributed by atoms with van der Waals surface area (Å²) < 4.78 is 0. The minimum absolute atomic E-state index is 0.0360. The molecule has 2 aliphatic rings. The van der Waals surface area contributed by atoms with Gasteiger partial charge in [-0.05, 0) is 49.4 Å². The van der Waals surface area contributed by atoms with Crippen LogP contribution in [0.25, 0.3) is 0 Å². The van der Waals surface area contributed by atoms with Crippen molar-refractivity contribution in [3.05, 3.63) is 53.9 Å². The molecule has 2 atom stereocenters. The number of aromatic nitrogens is 1. The Morgan fingerprint density at radius 2 is 2.08 bits per heavy atom. The van der Waals surface area contributed by atoms with Crippen LogP contribution < -0.4 is 5.32 Å². The Morgan fingerprint density at radius 3 is 2.92 bits per heavy atom. The number of carbonyl (C=O) groups excluding carboxylic acids is 2. The van der Waals surface area contributed by atoms with E-state index < -0.39 is 0 Å². The maximum absolute atomic E-state index is 12.7. The number of nitrogens with one attached hydrogen (secondary N) is 2. The average molecular weight is 337 g/mol. The fourth-order valence-electron chi connectivity index (χ4n) is 4.03. The highest BCUT2D eigenvalue weighted by Gasteiger charge is 2.32. The van der Waals surface area contributed by atoms with Gasteiger partial charge in [0.15, 0.2) is 0 Å². The molecule has 3 heterocycles. The Labute approximate surface area is 147 Å². The van der Waals surface area contributed by atoms with Crippen LogP contribution in [0.15, 0.2) is 42.6 Å². The maximum atomic E-state index is 12.7. The van der Waals surface area contributed by atoms with Crippen molar-refractivity contribution in [1.82, 2.24) is 9.88 Å². The highest BCUT2D eigenvalue weighted by Crippen LogP contribution is 2.33. The molecule has 130 valence electrons. The molecular weight excluding hydrogens is 314 g/mol. The Morgan fingerprint density at radius 1 is 1.20 bits per heavy atom. The van der Waals surface area contributed by atoms with E-state index in [4.69, 9.17) is 0 Å². The molecule has 0 radical (unpaired) electrons. The van der Waals surface area contributed by atoms with E-state index in [1.165, 1.54) is 0 Å². The third-order valence-corrected chi connectivity index (χ3v) is 5.37. The topological polar surface area (TPSA) is 65.2 Å². The minimum Gasteiger partial charge on any atom is -0.363 e. The number of para-hydroxylation sites is 1. The second kappa shape index (κ2) is 6.75. The molecule has 5 nitrogen and oxygen atoms in total. The molecule has 0 spiro atoms. The van der Waals surface area contributed by atoms with Crippen LogP contribution in [-0.4, -0.2) is 28.2 Å². The summed E-state index contributed by atoms with van der Waals surface area (Å²) in [5.74, 6) is 0.0722. The van der Waals surface area contributed by atoms with Crippen LogP contribution in [0.5, 0.6) is 0 Å². The van der Waals surface area contributed by atoms with E-state index in [0.717, 1.165) is 42.8 Å². The molecular formula is C20H23N3O2. The molecule has 1 fully saturated rings. The predicted octanol–water partition coefficient (Wildman–Crippen LogP) is 3.27. The smallest absolute Gasteiger partial charge is 0.227 e. The molecule has 1 saturated heterocycles. The fourth-order valence-corrected chi connectivity index (χ4v) is 4.03. The molecule has 2 aliphatic heterocycles. The van der Waals surface area contributed by atoms with Crippen molar-refractivity contribution in [1.29, 1.82) is 0 Å². The van der Waals surface area contributed by atoms with Gasteiger partial charge in [0.2, 0.25) is 11.8 Å². The number of hydrogen-bond acceptors (Lipinski definition) is 2. The van der Waals surface area contributed by atoms with E-state index in [1.54, 1.807) is 0 Å². The lowest BCUT2D eigenvalue weighted by Crippen LogP contribution is -2.33. The van der Waals surface area contributed by atoms with Crippen LogP contribution in [0, 0.1) is 5.92 Å². The molecule has 4 rings (SSSR count). The first-order chi connectivity index (χ1) is 12.2. The first kappa shape index (κ1) is 15.9. The molecule has 0 aliphatic carbocycles. The summed E-state index contributed by atoms with van der Waals surface area (Å²) in [6.07, 6.45) is 5.69. The SMILES string of the molecule is O=C1Nc2ccccc2C[C@@H]1CCC(=O)N1CCC[C@@H]1c1ccc[nH]1. The normalized spacial score (nSPS) is 22.6. The molecule has 25 heavy (non-hydrogen) atoms. The lowest BCUT2D eigenvalue weighted by Gasteiger charge is -2.27. The van der Waals surface area contributed by atoms with Gasteiger partial charge >= 0.3 is 0 Å². The van der Waals surface area contributed by atoms with Gasteiger partial charge in [0.1, 0.15) is 0 Å². The zero-order valence-corrected chi connectivity index (χ0v) is 14.2. The Balaban J connectivity index is 1.38. The number of aromatic amines is 1. The molecule has 0 saturated carbocycles. The fraction of sp³-hybridized carbons (Fsp3) is 0.400. The maximum Gasteiger partial charge on any atom is 0.227 e. The van der Waals surface area contributed by atoms with Gasteiger partial charge in [-0.3, -0.25) is 9.59 Å². The van der Waals surface area contributed by atoms with Crippen LogP contribution in [-0.2, 0) is 16.0 Å². The van der Waals surface area contributed by atoms with E-state index >= 15 is 0 Å². The molecule has 2 aromatic rings. The number of amides is 2. The highest BCUT2D eigenvalue weighted by atomic mass is 16.2. The Bertz CT molecular complexity index is 769. The van der Waals surface area contributed by atoms with Gasteiger partial charge in [-0.25, -0.2) is 0 Å². The number of hydrogen-bond donors (Lipinski definition) is 2. The molecule has 0 unspecified atom stereocenters. The summed E-state index contributed by atoms with van der Waals surface area (Å²) in [7, 11) is 0. The van der Waals surface area contributed by atoms with Gasteiger partial charge in [0, 0.05) is 36.5 Å². The second-order valence-electron chi connectivity index (χ2n) is 6.96. The van der Waals surface area contributed by atoms with Crippen LogP contribution >= 0.6 is 0 Å². The van der Waals surface area contributed by atoms with Crippen molar-refractivity contribution in [2.45, 2.75) is 38.1 Å². The predicted molar refractivity (Wildman–Crippen MR) is 96.0 cm³/mol. The van der Waals surface area contributed by atoms with E-state index in [2.05, 4.69) is 10.3 Å². The van der Waals surface area contributed by atoms with Crippen molar-refractivity contribution < 1.29 is 9.59 Å². The van der Waals surface area contributed by atoms with Gasteiger partial charge in [-0.15, -0.1) is 0 Å². The number of anilines is 1. The largest absolute Gasteiger partial charge is 0.363 e. The lowest BCUT2D eigenvalue weighted by atomic mass is 9.89. The van der Waals surface area contributed by atoms with Gasteiger partial charge in [0.25, 0.3) is 0 Å². The summed E-state index contributed by atoms with van der Waals surface area (Å²) >= 11 is 0. The first-order valence-electron chi connectivity index (χ1n) is 9.04. The van der Waals surface area contributed by atoms with Crippen LogP contribution in [0.3, 0.4) is 0 Å². The Kier molecular flexibility index (Phi) is 4.30. The van der Waals surface area contributed by atoms with Gasteiger partial charge in [-0.2, -0.15) is 0 Å². The van der Waals surface area contributed by atoms with E-state index in [-0.39, 0.29) is 23.8 Å². The summed E-state index contributed by atoms with van der Waals surface area (Å²) in [6.45, 7) is 0.808. The van der Waals surface area contributed by atoms with Crippen LogP contribution in [0.4, 0.5) is 5.69 Å².